The van der Waals surface area contributed by atoms with Crippen LogP contribution >= 0.6 is 0 Å². The molecule has 0 bridgehead atoms. The van der Waals surface area contributed by atoms with Crippen molar-refractivity contribution in [2.75, 3.05) is 5.73 Å². The summed E-state index contributed by atoms with van der Waals surface area (Å²) in [6, 6.07) is 7.35. The van der Waals surface area contributed by atoms with Gasteiger partial charge in [0.2, 0.25) is 0 Å². The van der Waals surface area contributed by atoms with Crippen molar-refractivity contribution < 1.29 is 0 Å². The summed E-state index contributed by atoms with van der Waals surface area (Å²) in [6.07, 6.45) is 1.74. The third kappa shape index (κ3) is 1.09. The van der Waals surface area contributed by atoms with Crippen molar-refractivity contribution >= 4 is 16.5 Å². The van der Waals surface area contributed by atoms with Crippen molar-refractivity contribution in [3.8, 4) is 0 Å². The number of aryl methyl sites for hydroxylation is 1. The van der Waals surface area contributed by atoms with Gasteiger partial charge in [-0.3, -0.25) is 4.79 Å². The summed E-state index contributed by atoms with van der Waals surface area (Å²) in [5.74, 6) is 0. The SMILES string of the molecule is Cn1ccc2cccc(N)c2c1=O. The minimum atomic E-state index is -0.0457. The van der Waals surface area contributed by atoms with Crippen molar-refractivity contribution in [2.24, 2.45) is 7.05 Å². The zero-order valence-corrected chi connectivity index (χ0v) is 7.32. The second-order valence-corrected chi connectivity index (χ2v) is 3.04. The maximum absolute atomic E-state index is 11.6. The summed E-state index contributed by atoms with van der Waals surface area (Å²) in [5.41, 5.74) is 6.21. The Morgan fingerprint density at radius 2 is 2.08 bits per heavy atom. The van der Waals surface area contributed by atoms with E-state index in [0.29, 0.717) is 11.1 Å². The van der Waals surface area contributed by atoms with Gasteiger partial charge >= 0.3 is 0 Å². The van der Waals surface area contributed by atoms with Crippen LogP contribution in [0.4, 0.5) is 5.69 Å². The van der Waals surface area contributed by atoms with E-state index in [1.54, 1.807) is 19.3 Å². The minimum Gasteiger partial charge on any atom is -0.398 e. The summed E-state index contributed by atoms with van der Waals surface area (Å²) in [4.78, 5) is 11.6. The quantitative estimate of drug-likeness (QED) is 0.608. The molecule has 0 fully saturated rings. The number of nitrogens with two attached hydrogens (primary N) is 1. The smallest absolute Gasteiger partial charge is 0.260 e. The largest absolute Gasteiger partial charge is 0.398 e. The Bertz CT molecular complexity index is 514. The predicted octanol–water partition coefficient (Wildman–Crippen LogP) is 1.12. The topological polar surface area (TPSA) is 48.0 Å². The van der Waals surface area contributed by atoms with E-state index in [4.69, 9.17) is 5.73 Å². The fraction of sp³-hybridized carbons (Fsp3) is 0.100. The van der Waals surface area contributed by atoms with Gasteiger partial charge in [0.25, 0.3) is 5.56 Å². The number of pyridine rings is 1. The highest BCUT2D eigenvalue weighted by molar-refractivity contribution is 5.91. The van der Waals surface area contributed by atoms with Gasteiger partial charge in [-0.05, 0) is 17.5 Å². The van der Waals surface area contributed by atoms with Crippen molar-refractivity contribution in [3.63, 3.8) is 0 Å². The zero-order valence-electron chi connectivity index (χ0n) is 7.32. The Balaban J connectivity index is 3.06. The number of aromatic nitrogens is 1. The van der Waals surface area contributed by atoms with E-state index < -0.39 is 0 Å². The number of hydrogen-bond acceptors (Lipinski definition) is 2. The van der Waals surface area contributed by atoms with Crippen LogP contribution in [0.2, 0.25) is 0 Å². The second kappa shape index (κ2) is 2.62. The number of hydrogen-bond donors (Lipinski definition) is 1. The number of fused-ring (bicyclic) bond motifs is 1. The van der Waals surface area contributed by atoms with Crippen LogP contribution < -0.4 is 11.3 Å². The maximum atomic E-state index is 11.6. The van der Waals surface area contributed by atoms with Crippen LogP contribution in [-0.2, 0) is 7.05 Å². The molecular weight excluding hydrogens is 164 g/mol. The van der Waals surface area contributed by atoms with Crippen molar-refractivity contribution in [1.82, 2.24) is 4.57 Å². The first kappa shape index (κ1) is 7.86. The lowest BCUT2D eigenvalue weighted by Gasteiger charge is -2.02. The molecule has 0 atom stereocenters. The molecule has 0 amide bonds. The van der Waals surface area contributed by atoms with Gasteiger partial charge in [-0.1, -0.05) is 12.1 Å². The van der Waals surface area contributed by atoms with Crippen molar-refractivity contribution in [3.05, 3.63) is 40.8 Å². The van der Waals surface area contributed by atoms with Gasteiger partial charge in [0.15, 0.2) is 0 Å². The molecule has 0 aliphatic heterocycles. The fourth-order valence-electron chi connectivity index (χ4n) is 1.41. The molecule has 0 aliphatic carbocycles. The molecule has 2 rings (SSSR count). The Kier molecular flexibility index (Phi) is 1.59. The summed E-state index contributed by atoms with van der Waals surface area (Å²) >= 11 is 0. The highest BCUT2D eigenvalue weighted by Gasteiger charge is 2.02. The van der Waals surface area contributed by atoms with Crippen LogP contribution in [-0.4, -0.2) is 4.57 Å². The molecule has 0 spiro atoms. The molecule has 1 heterocycles. The van der Waals surface area contributed by atoms with Crippen LogP contribution in [0.15, 0.2) is 35.3 Å². The van der Waals surface area contributed by atoms with Crippen LogP contribution in [0.5, 0.6) is 0 Å². The minimum absolute atomic E-state index is 0.0457. The Morgan fingerprint density at radius 3 is 2.85 bits per heavy atom. The van der Waals surface area contributed by atoms with Gasteiger partial charge < -0.3 is 10.3 Å². The normalized spacial score (nSPS) is 10.5. The zero-order chi connectivity index (χ0) is 9.42. The third-order valence-electron chi connectivity index (χ3n) is 2.14. The molecule has 0 saturated carbocycles. The molecule has 0 unspecified atom stereocenters. The summed E-state index contributed by atoms with van der Waals surface area (Å²) in [6.45, 7) is 0. The van der Waals surface area contributed by atoms with E-state index in [1.807, 2.05) is 18.2 Å². The number of nitrogen functional groups attached to an aromatic ring is 1. The lowest BCUT2D eigenvalue weighted by molar-refractivity contribution is 0.873. The van der Waals surface area contributed by atoms with Crippen LogP contribution in [0.25, 0.3) is 10.8 Å². The van der Waals surface area contributed by atoms with Gasteiger partial charge in [0, 0.05) is 18.9 Å². The lowest BCUT2D eigenvalue weighted by atomic mass is 10.1. The molecule has 0 saturated heterocycles. The lowest BCUT2D eigenvalue weighted by Crippen LogP contribution is -2.16. The molecule has 1 aromatic heterocycles. The van der Waals surface area contributed by atoms with E-state index in [2.05, 4.69) is 0 Å². The van der Waals surface area contributed by atoms with Gasteiger partial charge in [-0.25, -0.2) is 0 Å². The molecule has 1 aromatic carbocycles. The van der Waals surface area contributed by atoms with E-state index in [9.17, 15) is 4.79 Å². The Hall–Kier alpha value is -1.77. The van der Waals surface area contributed by atoms with Crippen LogP contribution in [0, 0.1) is 0 Å². The van der Waals surface area contributed by atoms with E-state index >= 15 is 0 Å². The molecule has 3 heteroatoms. The Labute approximate surface area is 75.4 Å². The standard InChI is InChI=1S/C10H10N2O/c1-12-6-5-7-3-2-4-8(11)9(7)10(12)13/h2-6H,11H2,1H3. The molecule has 2 aromatic rings. The van der Waals surface area contributed by atoms with E-state index in [0.717, 1.165) is 5.39 Å². The first-order valence-corrected chi connectivity index (χ1v) is 4.04. The predicted molar refractivity (Wildman–Crippen MR) is 53.6 cm³/mol. The number of anilines is 1. The van der Waals surface area contributed by atoms with Gasteiger partial charge in [-0.15, -0.1) is 0 Å². The molecule has 13 heavy (non-hydrogen) atoms. The van der Waals surface area contributed by atoms with Crippen LogP contribution in [0.1, 0.15) is 0 Å². The van der Waals surface area contributed by atoms with Gasteiger partial charge in [0.1, 0.15) is 0 Å². The molecule has 66 valence electrons. The first-order valence-electron chi connectivity index (χ1n) is 4.04. The number of rotatable bonds is 0. The summed E-state index contributed by atoms with van der Waals surface area (Å²) in [7, 11) is 1.72. The molecule has 2 N–H and O–H groups in total. The average molecular weight is 174 g/mol. The van der Waals surface area contributed by atoms with Crippen molar-refractivity contribution in [2.45, 2.75) is 0 Å². The van der Waals surface area contributed by atoms with Gasteiger partial charge in [-0.2, -0.15) is 0 Å². The molecular formula is C10H10N2O. The first-order chi connectivity index (χ1) is 6.20. The summed E-state index contributed by atoms with van der Waals surface area (Å²) < 4.78 is 1.53. The third-order valence-corrected chi connectivity index (χ3v) is 2.14. The van der Waals surface area contributed by atoms with E-state index in [-0.39, 0.29) is 5.56 Å². The fourth-order valence-corrected chi connectivity index (χ4v) is 1.41. The van der Waals surface area contributed by atoms with Crippen molar-refractivity contribution in [1.29, 1.82) is 0 Å². The van der Waals surface area contributed by atoms with Gasteiger partial charge in [0.05, 0.1) is 5.39 Å². The molecule has 0 aliphatic rings. The highest BCUT2D eigenvalue weighted by atomic mass is 16.1. The monoisotopic (exact) mass is 174 g/mol. The van der Waals surface area contributed by atoms with E-state index in [1.165, 1.54) is 4.57 Å². The maximum Gasteiger partial charge on any atom is 0.260 e. The average Bonchev–Trinajstić information content (AvgIpc) is 2.12. The second-order valence-electron chi connectivity index (χ2n) is 3.04. The number of benzene rings is 1. The molecule has 0 radical (unpaired) electrons. The number of nitrogens with zero attached hydrogens (tertiary/aromatic N) is 1. The molecule has 3 nitrogen and oxygen atoms in total. The van der Waals surface area contributed by atoms with Crippen LogP contribution in [0.3, 0.4) is 0 Å². The highest BCUT2D eigenvalue weighted by Crippen LogP contribution is 2.15. The summed E-state index contributed by atoms with van der Waals surface area (Å²) in [5, 5.41) is 1.50. The Morgan fingerprint density at radius 1 is 1.31 bits per heavy atom.